The van der Waals surface area contributed by atoms with Crippen molar-refractivity contribution in [1.29, 1.82) is 0 Å². The maximum atomic E-state index is 10.3. The van der Waals surface area contributed by atoms with Crippen LogP contribution in [0.5, 0.6) is 0 Å². The largest absolute Gasteiger partial charge is 0.396 e. The Labute approximate surface area is 188 Å². The molecule has 5 aliphatic carbocycles. The smallest absolute Gasteiger partial charge is 0.149 e. The fraction of sp³-hybridized carbons (Fsp3) is 1.00. The maximum absolute atomic E-state index is 10.3. The number of ether oxygens (including phenoxy) is 5. The van der Waals surface area contributed by atoms with Crippen molar-refractivity contribution in [2.75, 3.05) is 47.8 Å². The summed E-state index contributed by atoms with van der Waals surface area (Å²) in [5.74, 6) is 2.27. The first-order valence-corrected chi connectivity index (χ1v) is 12.3. The van der Waals surface area contributed by atoms with Crippen LogP contribution in [0.4, 0.5) is 0 Å². The lowest BCUT2D eigenvalue weighted by atomic mass is 9.35. The van der Waals surface area contributed by atoms with E-state index in [0.29, 0.717) is 43.7 Å². The van der Waals surface area contributed by atoms with Gasteiger partial charge < -0.3 is 28.8 Å². The number of hydrogen-bond donors (Lipinski definition) is 1. The van der Waals surface area contributed by atoms with Gasteiger partial charge in [-0.3, -0.25) is 0 Å². The second kappa shape index (κ2) is 9.55. The highest BCUT2D eigenvalue weighted by Crippen LogP contribution is 2.72. The molecular formula is C25H44O6. The lowest BCUT2D eigenvalue weighted by Crippen LogP contribution is -2.67. The van der Waals surface area contributed by atoms with Crippen LogP contribution in [0, 0.1) is 39.9 Å². The van der Waals surface area contributed by atoms with Crippen LogP contribution >= 0.6 is 0 Å². The van der Waals surface area contributed by atoms with E-state index in [1.54, 1.807) is 14.2 Å². The molecule has 1 spiro atoms. The molecule has 0 aliphatic heterocycles. The molecule has 0 radical (unpaired) electrons. The molecule has 1 N–H and O–H groups in total. The van der Waals surface area contributed by atoms with Gasteiger partial charge >= 0.3 is 0 Å². The highest BCUT2D eigenvalue weighted by molar-refractivity contribution is 5.16. The zero-order valence-corrected chi connectivity index (χ0v) is 20.1. The number of methoxy groups -OCH3 is 2. The summed E-state index contributed by atoms with van der Waals surface area (Å²) in [6.07, 6.45) is 10.1. The summed E-state index contributed by atoms with van der Waals surface area (Å²) >= 11 is 0. The molecular weight excluding hydrogens is 396 g/mol. The van der Waals surface area contributed by atoms with Crippen LogP contribution in [-0.4, -0.2) is 59.0 Å². The third-order valence-electron chi connectivity index (χ3n) is 9.97. The summed E-state index contributed by atoms with van der Waals surface area (Å²) in [5.41, 5.74) is 0.553. The van der Waals surface area contributed by atoms with Crippen molar-refractivity contribution in [3.05, 3.63) is 0 Å². The molecule has 0 amide bonds. The van der Waals surface area contributed by atoms with Gasteiger partial charge in [0.1, 0.15) is 20.4 Å². The van der Waals surface area contributed by atoms with E-state index in [4.69, 9.17) is 23.7 Å². The molecule has 8 atom stereocenters. The second-order valence-corrected chi connectivity index (χ2v) is 11.3. The lowest BCUT2D eigenvalue weighted by molar-refractivity contribution is -0.279. The van der Waals surface area contributed by atoms with Gasteiger partial charge in [0.2, 0.25) is 0 Å². The average Bonchev–Trinajstić information content (AvgIpc) is 2.77. The number of fused-ring (bicyclic) bond motifs is 3. The minimum atomic E-state index is 0.0649. The van der Waals surface area contributed by atoms with Crippen molar-refractivity contribution < 1.29 is 28.8 Å². The van der Waals surface area contributed by atoms with Gasteiger partial charge in [-0.15, -0.1) is 0 Å². The van der Waals surface area contributed by atoms with Crippen LogP contribution in [0.3, 0.4) is 0 Å². The van der Waals surface area contributed by atoms with Crippen LogP contribution in [0.15, 0.2) is 0 Å². The van der Waals surface area contributed by atoms with Crippen molar-refractivity contribution in [2.24, 2.45) is 39.9 Å². The Morgan fingerprint density at radius 1 is 0.871 bits per heavy atom. The van der Waals surface area contributed by atoms with E-state index in [9.17, 15) is 5.11 Å². The van der Waals surface area contributed by atoms with Crippen molar-refractivity contribution >= 4 is 0 Å². The molecule has 180 valence electrons. The quantitative estimate of drug-likeness (QED) is 0.406. The van der Waals surface area contributed by atoms with Crippen LogP contribution in [0.1, 0.15) is 65.2 Å². The van der Waals surface area contributed by atoms with E-state index in [1.807, 2.05) is 0 Å². The first-order chi connectivity index (χ1) is 14.9. The fourth-order valence-corrected chi connectivity index (χ4v) is 8.78. The Hall–Kier alpha value is -0.240. The van der Waals surface area contributed by atoms with Crippen LogP contribution < -0.4 is 0 Å². The van der Waals surface area contributed by atoms with E-state index < -0.39 is 0 Å². The molecule has 5 aliphatic rings. The Morgan fingerprint density at radius 2 is 1.65 bits per heavy atom. The molecule has 5 rings (SSSR count). The normalized spacial score (nSPS) is 46.5. The summed E-state index contributed by atoms with van der Waals surface area (Å²) in [6, 6.07) is 0. The summed E-state index contributed by atoms with van der Waals surface area (Å²) in [7, 11) is 3.34. The first kappa shape index (κ1) is 23.9. The van der Waals surface area contributed by atoms with Crippen LogP contribution in [0.2, 0.25) is 0 Å². The molecule has 0 aromatic heterocycles. The van der Waals surface area contributed by atoms with E-state index in [2.05, 4.69) is 13.8 Å². The molecule has 0 aromatic rings. The van der Waals surface area contributed by atoms with Crippen LogP contribution in [0.25, 0.3) is 0 Å². The summed E-state index contributed by atoms with van der Waals surface area (Å²) in [6.45, 7) is 6.74. The summed E-state index contributed by atoms with van der Waals surface area (Å²) < 4.78 is 28.1. The number of hydrogen-bond acceptors (Lipinski definition) is 6. The zero-order chi connectivity index (χ0) is 22.1. The van der Waals surface area contributed by atoms with Gasteiger partial charge in [0.25, 0.3) is 0 Å². The Balaban J connectivity index is 1.57. The van der Waals surface area contributed by atoms with Crippen molar-refractivity contribution in [3.63, 3.8) is 0 Å². The summed E-state index contributed by atoms with van der Waals surface area (Å²) in [5, 5.41) is 10.3. The maximum Gasteiger partial charge on any atom is 0.149 e. The fourth-order valence-electron chi connectivity index (χ4n) is 8.78. The molecule has 31 heavy (non-hydrogen) atoms. The van der Waals surface area contributed by atoms with Gasteiger partial charge in [-0.05, 0) is 73.5 Å². The van der Waals surface area contributed by atoms with Gasteiger partial charge in [-0.2, -0.15) is 0 Å². The van der Waals surface area contributed by atoms with Crippen LogP contribution in [-0.2, 0) is 23.7 Å². The Morgan fingerprint density at radius 3 is 2.39 bits per heavy atom. The lowest BCUT2D eigenvalue weighted by Gasteiger charge is -2.70. The van der Waals surface area contributed by atoms with Crippen molar-refractivity contribution in [2.45, 2.75) is 71.3 Å². The highest BCUT2D eigenvalue weighted by Gasteiger charge is 2.68. The minimum Gasteiger partial charge on any atom is -0.396 e. The van der Waals surface area contributed by atoms with Gasteiger partial charge in [0.15, 0.2) is 0 Å². The minimum absolute atomic E-state index is 0.0649. The number of rotatable bonds is 10. The third kappa shape index (κ3) is 4.00. The van der Waals surface area contributed by atoms with E-state index in [1.165, 1.54) is 44.9 Å². The number of aliphatic hydroxyl groups is 1. The molecule has 5 fully saturated rings. The first-order valence-electron chi connectivity index (χ1n) is 12.3. The van der Waals surface area contributed by atoms with E-state index >= 15 is 0 Å². The highest BCUT2D eigenvalue weighted by atomic mass is 16.7. The monoisotopic (exact) mass is 440 g/mol. The van der Waals surface area contributed by atoms with Gasteiger partial charge in [-0.25, -0.2) is 0 Å². The molecule has 6 unspecified atom stereocenters. The molecule has 2 bridgehead atoms. The topological polar surface area (TPSA) is 66.4 Å². The molecule has 0 aromatic carbocycles. The van der Waals surface area contributed by atoms with Crippen molar-refractivity contribution in [1.82, 2.24) is 0 Å². The average molecular weight is 441 g/mol. The zero-order valence-electron chi connectivity index (χ0n) is 20.1. The molecule has 6 nitrogen and oxygen atoms in total. The number of aliphatic hydroxyl groups excluding tert-OH is 1. The summed E-state index contributed by atoms with van der Waals surface area (Å²) in [4.78, 5) is 0. The molecule has 0 heterocycles. The Kier molecular flexibility index (Phi) is 7.37. The SMILES string of the molecule is COCOCOCC1C2CCC3(CCC4[C@](C)(CO)CCC[C@@]4(C)C3C2)C1OCOC. The van der Waals surface area contributed by atoms with Crippen molar-refractivity contribution in [3.8, 4) is 0 Å². The molecule has 5 saturated carbocycles. The predicted octanol–water partition coefficient (Wildman–Crippen LogP) is 4.20. The predicted molar refractivity (Wildman–Crippen MR) is 117 cm³/mol. The Bertz CT molecular complexity index is 601. The standard InChI is InChI=1S/C25H44O6/c1-23(14-26)8-5-9-24(2)20(23)7-11-25-10-6-18(12-21(24)25)19(22(25)31-16-28-4)13-29-17-30-15-27-3/h18-22,26H,5-17H2,1-4H3/t18?,19?,20?,21?,22?,23-,24+,25?/m0/s1. The second-order valence-electron chi connectivity index (χ2n) is 11.3. The van der Waals surface area contributed by atoms with E-state index in [0.717, 1.165) is 6.42 Å². The third-order valence-corrected chi connectivity index (χ3v) is 9.97. The van der Waals surface area contributed by atoms with Gasteiger partial charge in [0, 0.05) is 32.2 Å². The van der Waals surface area contributed by atoms with Gasteiger partial charge in [0.05, 0.1) is 12.7 Å². The molecule has 6 heteroatoms. The molecule has 0 saturated heterocycles. The van der Waals surface area contributed by atoms with E-state index in [-0.39, 0.29) is 35.9 Å². The van der Waals surface area contributed by atoms with Gasteiger partial charge in [-0.1, -0.05) is 20.3 Å².